The molecule has 0 saturated heterocycles. The van der Waals surface area contributed by atoms with Crippen LogP contribution in [-0.2, 0) is 12.2 Å². The summed E-state index contributed by atoms with van der Waals surface area (Å²) < 4.78 is 0. The van der Waals surface area contributed by atoms with Crippen LogP contribution in [0.3, 0.4) is 0 Å². The monoisotopic (exact) mass is 254 g/mol. The van der Waals surface area contributed by atoms with E-state index in [-0.39, 0.29) is 5.25 Å². The number of carbonyl (C=O) groups is 1. The van der Waals surface area contributed by atoms with Crippen LogP contribution in [0.1, 0.15) is 21.5 Å². The van der Waals surface area contributed by atoms with Gasteiger partial charge in [0.15, 0.2) is 5.78 Å². The maximum absolute atomic E-state index is 12.2. The molecule has 0 saturated carbocycles. The van der Waals surface area contributed by atoms with Gasteiger partial charge in [0.05, 0.1) is 5.25 Å². The van der Waals surface area contributed by atoms with Gasteiger partial charge in [0.1, 0.15) is 0 Å². The molecule has 0 radical (unpaired) electrons. The molecule has 2 aromatic carbocycles. The molecule has 0 heterocycles. The Balaban J connectivity index is 1.68. The average molecular weight is 254 g/mol. The Morgan fingerprint density at radius 2 is 1.72 bits per heavy atom. The first kappa shape index (κ1) is 11.5. The van der Waals surface area contributed by atoms with Crippen LogP contribution in [-0.4, -0.2) is 11.0 Å². The second-order valence-electron chi connectivity index (χ2n) is 4.51. The fourth-order valence-electron chi connectivity index (χ4n) is 2.31. The van der Waals surface area contributed by atoms with Gasteiger partial charge in [-0.3, -0.25) is 4.79 Å². The first-order chi connectivity index (χ1) is 8.84. The molecule has 0 fully saturated rings. The summed E-state index contributed by atoms with van der Waals surface area (Å²) in [5.74, 6) is 1.21. The zero-order valence-electron chi connectivity index (χ0n) is 10.0. The van der Waals surface area contributed by atoms with Gasteiger partial charge in [-0.15, -0.1) is 11.8 Å². The van der Waals surface area contributed by atoms with E-state index in [1.165, 1.54) is 11.1 Å². The van der Waals surface area contributed by atoms with Gasteiger partial charge < -0.3 is 0 Å². The van der Waals surface area contributed by atoms with Gasteiger partial charge in [-0.25, -0.2) is 0 Å². The van der Waals surface area contributed by atoms with E-state index in [0.29, 0.717) is 5.78 Å². The highest BCUT2D eigenvalue weighted by molar-refractivity contribution is 7.99. The predicted octanol–water partition coefficient (Wildman–Crippen LogP) is 3.73. The number of thioether (sulfide) groups is 1. The van der Waals surface area contributed by atoms with E-state index in [4.69, 9.17) is 0 Å². The summed E-state index contributed by atoms with van der Waals surface area (Å²) in [6.07, 6.45) is 0.881. The summed E-state index contributed by atoms with van der Waals surface area (Å²) in [7, 11) is 0. The second kappa shape index (κ2) is 4.99. The Bertz CT molecular complexity index is 562. The van der Waals surface area contributed by atoms with E-state index in [1.54, 1.807) is 11.8 Å². The van der Waals surface area contributed by atoms with Crippen molar-refractivity contribution in [1.29, 1.82) is 0 Å². The molecule has 0 amide bonds. The van der Waals surface area contributed by atoms with Gasteiger partial charge >= 0.3 is 0 Å². The van der Waals surface area contributed by atoms with Crippen LogP contribution in [0.2, 0.25) is 0 Å². The van der Waals surface area contributed by atoms with Crippen molar-refractivity contribution < 1.29 is 4.79 Å². The molecule has 1 aliphatic carbocycles. The minimum Gasteiger partial charge on any atom is -0.293 e. The molecular weight excluding hydrogens is 240 g/mol. The van der Waals surface area contributed by atoms with Crippen molar-refractivity contribution >= 4 is 17.5 Å². The van der Waals surface area contributed by atoms with Crippen LogP contribution in [0.25, 0.3) is 0 Å². The summed E-state index contributed by atoms with van der Waals surface area (Å²) in [5.41, 5.74) is 3.40. The molecule has 0 aliphatic heterocycles. The molecule has 1 atom stereocenters. The lowest BCUT2D eigenvalue weighted by Gasteiger charge is -2.07. The van der Waals surface area contributed by atoms with Gasteiger partial charge in [0.25, 0.3) is 0 Å². The van der Waals surface area contributed by atoms with Gasteiger partial charge in [-0.1, -0.05) is 54.6 Å². The van der Waals surface area contributed by atoms with E-state index in [0.717, 1.165) is 17.7 Å². The Kier molecular flexibility index (Phi) is 3.20. The summed E-state index contributed by atoms with van der Waals surface area (Å²) in [4.78, 5) is 12.2. The molecule has 0 spiro atoms. The quantitative estimate of drug-likeness (QED) is 0.830. The first-order valence-electron chi connectivity index (χ1n) is 6.12. The Hall–Kier alpha value is -1.54. The maximum atomic E-state index is 12.2. The van der Waals surface area contributed by atoms with Crippen LogP contribution in [0.5, 0.6) is 0 Å². The van der Waals surface area contributed by atoms with Crippen molar-refractivity contribution in [2.24, 2.45) is 0 Å². The highest BCUT2D eigenvalue weighted by atomic mass is 32.2. The summed E-state index contributed by atoms with van der Waals surface area (Å²) >= 11 is 1.75. The smallest absolute Gasteiger partial charge is 0.176 e. The van der Waals surface area contributed by atoms with Gasteiger partial charge in [-0.05, 0) is 17.5 Å². The fraction of sp³-hybridized carbons (Fsp3) is 0.188. The molecular formula is C16H14OS. The minimum absolute atomic E-state index is 0.0996. The summed E-state index contributed by atoms with van der Waals surface area (Å²) in [6, 6.07) is 18.3. The molecule has 1 aliphatic rings. The van der Waals surface area contributed by atoms with Gasteiger partial charge in [-0.2, -0.15) is 0 Å². The van der Waals surface area contributed by atoms with Crippen LogP contribution in [0, 0.1) is 0 Å². The molecule has 3 rings (SSSR count). The van der Waals surface area contributed by atoms with E-state index >= 15 is 0 Å². The van der Waals surface area contributed by atoms with E-state index in [1.807, 2.05) is 36.4 Å². The van der Waals surface area contributed by atoms with Crippen molar-refractivity contribution in [3.8, 4) is 0 Å². The molecule has 0 N–H and O–H groups in total. The van der Waals surface area contributed by atoms with Crippen molar-refractivity contribution in [2.75, 3.05) is 0 Å². The average Bonchev–Trinajstić information content (AvgIpc) is 2.75. The second-order valence-corrected chi connectivity index (χ2v) is 5.70. The lowest BCUT2D eigenvalue weighted by molar-refractivity contribution is 0.100. The van der Waals surface area contributed by atoms with Crippen LogP contribution >= 0.6 is 11.8 Å². The largest absolute Gasteiger partial charge is 0.293 e. The van der Waals surface area contributed by atoms with Crippen LogP contribution < -0.4 is 0 Å². The van der Waals surface area contributed by atoms with Crippen molar-refractivity contribution in [1.82, 2.24) is 0 Å². The standard InChI is InChI=1S/C16H14OS/c17-16-14-9-5-4-8-13(14)10-15(16)18-11-12-6-2-1-3-7-12/h1-9,15H,10-11H2. The number of Topliss-reactive ketones (excluding diaryl/α,β-unsaturated/α-hetero) is 1. The van der Waals surface area contributed by atoms with E-state index < -0.39 is 0 Å². The van der Waals surface area contributed by atoms with Gasteiger partial charge in [0.2, 0.25) is 0 Å². The Morgan fingerprint density at radius 3 is 2.50 bits per heavy atom. The van der Waals surface area contributed by atoms with Crippen molar-refractivity contribution in [3.05, 3.63) is 71.3 Å². The van der Waals surface area contributed by atoms with E-state index in [9.17, 15) is 4.79 Å². The number of hydrogen-bond donors (Lipinski definition) is 0. The Morgan fingerprint density at radius 1 is 1.00 bits per heavy atom. The molecule has 1 unspecified atom stereocenters. The first-order valence-corrected chi connectivity index (χ1v) is 7.17. The van der Waals surface area contributed by atoms with Crippen LogP contribution in [0.4, 0.5) is 0 Å². The highest BCUT2D eigenvalue weighted by Crippen LogP contribution is 2.31. The molecule has 2 aromatic rings. The molecule has 90 valence electrons. The maximum Gasteiger partial charge on any atom is 0.176 e. The minimum atomic E-state index is 0.0996. The van der Waals surface area contributed by atoms with Crippen molar-refractivity contribution in [3.63, 3.8) is 0 Å². The number of carbonyl (C=O) groups excluding carboxylic acids is 1. The SMILES string of the molecule is O=C1c2ccccc2CC1SCc1ccccc1. The number of rotatable bonds is 3. The molecule has 1 nitrogen and oxygen atoms in total. The molecule has 0 bridgehead atoms. The van der Waals surface area contributed by atoms with E-state index in [2.05, 4.69) is 18.2 Å². The summed E-state index contributed by atoms with van der Waals surface area (Å²) in [5, 5.41) is 0.0996. The number of fused-ring (bicyclic) bond motifs is 1. The third kappa shape index (κ3) is 2.21. The van der Waals surface area contributed by atoms with Crippen molar-refractivity contribution in [2.45, 2.75) is 17.4 Å². The lowest BCUT2D eigenvalue weighted by Crippen LogP contribution is -2.11. The number of ketones is 1. The highest BCUT2D eigenvalue weighted by Gasteiger charge is 2.29. The van der Waals surface area contributed by atoms with Crippen LogP contribution in [0.15, 0.2) is 54.6 Å². The van der Waals surface area contributed by atoms with Gasteiger partial charge in [0, 0.05) is 11.3 Å². The molecule has 0 aromatic heterocycles. The topological polar surface area (TPSA) is 17.1 Å². The zero-order valence-corrected chi connectivity index (χ0v) is 10.8. The Labute approximate surface area is 111 Å². The third-order valence-electron chi connectivity index (χ3n) is 3.27. The zero-order chi connectivity index (χ0) is 12.4. The fourth-order valence-corrected chi connectivity index (χ4v) is 3.47. The number of benzene rings is 2. The normalized spacial score (nSPS) is 17.8. The summed E-state index contributed by atoms with van der Waals surface area (Å²) in [6.45, 7) is 0. The predicted molar refractivity (Wildman–Crippen MR) is 76.0 cm³/mol. The lowest BCUT2D eigenvalue weighted by atomic mass is 10.1. The molecule has 18 heavy (non-hydrogen) atoms. The molecule has 2 heteroatoms. The number of hydrogen-bond acceptors (Lipinski definition) is 2. The third-order valence-corrected chi connectivity index (χ3v) is 4.56.